The van der Waals surface area contributed by atoms with Gasteiger partial charge < -0.3 is 14.4 Å². The number of carbonyl (C=O) groups excluding carboxylic acids is 1. The normalized spacial score (nSPS) is 24.4. The molecule has 94 valence electrons. The molecule has 0 spiro atoms. The number of carbonyl (C=O) groups is 1. The highest BCUT2D eigenvalue weighted by Crippen LogP contribution is 2.26. The van der Waals surface area contributed by atoms with E-state index in [1.807, 2.05) is 0 Å². The molecular weight excluding hydrogens is 293 g/mol. The summed E-state index contributed by atoms with van der Waals surface area (Å²) in [4.78, 5) is 13.5. The Hall–Kier alpha value is -0.880. The fraction of sp³-hybridized carbons (Fsp3) is 0.545. The van der Waals surface area contributed by atoms with Gasteiger partial charge in [-0.2, -0.15) is 0 Å². The first-order chi connectivity index (χ1) is 8.02. The second kappa shape index (κ2) is 4.78. The molecule has 1 saturated heterocycles. The van der Waals surface area contributed by atoms with Crippen LogP contribution in [0.1, 0.15) is 22.5 Å². The van der Waals surface area contributed by atoms with Crippen LogP contribution in [0.2, 0.25) is 0 Å². The molecule has 17 heavy (non-hydrogen) atoms. The summed E-state index contributed by atoms with van der Waals surface area (Å²) in [5.74, 6) is 0.192. The van der Waals surface area contributed by atoms with E-state index in [1.54, 1.807) is 13.0 Å². The van der Waals surface area contributed by atoms with Gasteiger partial charge in [0.05, 0.1) is 24.8 Å². The predicted molar refractivity (Wildman–Crippen MR) is 62.6 cm³/mol. The fourth-order valence-corrected chi connectivity index (χ4v) is 2.57. The van der Waals surface area contributed by atoms with Gasteiger partial charge in [-0.05, 0) is 22.9 Å². The summed E-state index contributed by atoms with van der Waals surface area (Å²) in [5, 5.41) is 9.13. The number of alkyl halides is 1. The van der Waals surface area contributed by atoms with Gasteiger partial charge in [0, 0.05) is 12.5 Å². The molecule has 0 aromatic carbocycles. The molecule has 0 radical (unpaired) electrons. The lowest BCUT2D eigenvalue weighted by molar-refractivity contribution is 0.0671. The lowest BCUT2D eigenvalue weighted by atomic mass is 10.2. The molecule has 4 nitrogen and oxygen atoms in total. The highest BCUT2D eigenvalue weighted by molar-refractivity contribution is 9.10. The first-order valence-corrected chi connectivity index (χ1v) is 6.14. The molecule has 0 aliphatic carbocycles. The van der Waals surface area contributed by atoms with Gasteiger partial charge in [-0.3, -0.25) is 4.79 Å². The van der Waals surface area contributed by atoms with Crippen molar-refractivity contribution in [3.05, 3.63) is 22.1 Å². The van der Waals surface area contributed by atoms with E-state index in [0.29, 0.717) is 16.0 Å². The maximum absolute atomic E-state index is 13.3. The number of halogens is 2. The summed E-state index contributed by atoms with van der Waals surface area (Å²) in [6.45, 7) is 1.49. The number of hydrogen-bond donors (Lipinski definition) is 1. The van der Waals surface area contributed by atoms with Crippen LogP contribution in [-0.4, -0.2) is 41.3 Å². The average molecular weight is 306 g/mol. The SMILES string of the molecule is Cc1oc(Br)cc1C(=O)N1CC(F)CC1CO. The van der Waals surface area contributed by atoms with Crippen LogP contribution in [0, 0.1) is 6.92 Å². The second-order valence-corrected chi connectivity index (χ2v) is 4.93. The van der Waals surface area contributed by atoms with Gasteiger partial charge in [0.2, 0.25) is 0 Å². The van der Waals surface area contributed by atoms with Gasteiger partial charge in [0.1, 0.15) is 11.9 Å². The first kappa shape index (κ1) is 12.6. The molecule has 1 aromatic rings. The number of nitrogens with zero attached hydrogens (tertiary/aromatic N) is 1. The minimum atomic E-state index is -1.06. The standard InChI is InChI=1S/C11H13BrFNO3/c1-6-9(3-10(12)17-6)11(16)14-4-7(13)2-8(14)5-15/h3,7-8,15H,2,4-5H2,1H3. The summed E-state index contributed by atoms with van der Waals surface area (Å²) in [6.07, 6.45) is -0.868. The third kappa shape index (κ3) is 2.37. The Labute approximate surface area is 107 Å². The second-order valence-electron chi connectivity index (χ2n) is 4.15. The lowest BCUT2D eigenvalue weighted by Gasteiger charge is -2.22. The topological polar surface area (TPSA) is 53.7 Å². The Kier molecular flexibility index (Phi) is 3.53. The zero-order chi connectivity index (χ0) is 12.6. The lowest BCUT2D eigenvalue weighted by Crippen LogP contribution is -2.37. The molecule has 2 rings (SSSR count). The van der Waals surface area contributed by atoms with E-state index in [-0.39, 0.29) is 25.5 Å². The molecule has 1 fully saturated rings. The Bertz CT molecular complexity index is 434. The van der Waals surface area contributed by atoms with Crippen molar-refractivity contribution >= 4 is 21.8 Å². The smallest absolute Gasteiger partial charge is 0.257 e. The quantitative estimate of drug-likeness (QED) is 0.908. The molecule has 1 amide bonds. The van der Waals surface area contributed by atoms with Crippen LogP contribution in [-0.2, 0) is 0 Å². The molecule has 1 N–H and O–H groups in total. The van der Waals surface area contributed by atoms with Crippen molar-refractivity contribution in [2.75, 3.05) is 13.2 Å². The Balaban J connectivity index is 2.22. The molecule has 0 saturated carbocycles. The first-order valence-electron chi connectivity index (χ1n) is 5.34. The molecule has 1 aliphatic heterocycles. The van der Waals surface area contributed by atoms with Gasteiger partial charge in [-0.25, -0.2) is 4.39 Å². The molecule has 6 heteroatoms. The molecule has 2 heterocycles. The van der Waals surface area contributed by atoms with Crippen LogP contribution < -0.4 is 0 Å². The largest absolute Gasteiger partial charge is 0.454 e. The highest BCUT2D eigenvalue weighted by Gasteiger charge is 2.36. The number of likely N-dealkylation sites (tertiary alicyclic amines) is 1. The highest BCUT2D eigenvalue weighted by atomic mass is 79.9. The van der Waals surface area contributed by atoms with Crippen molar-refractivity contribution in [2.45, 2.75) is 25.6 Å². The molecule has 2 atom stereocenters. The van der Waals surface area contributed by atoms with Crippen molar-refractivity contribution in [1.29, 1.82) is 0 Å². The van der Waals surface area contributed by atoms with Crippen molar-refractivity contribution in [1.82, 2.24) is 4.90 Å². The van der Waals surface area contributed by atoms with Gasteiger partial charge >= 0.3 is 0 Å². The summed E-state index contributed by atoms with van der Waals surface area (Å²) >= 11 is 3.14. The number of aliphatic hydroxyl groups excluding tert-OH is 1. The van der Waals surface area contributed by atoms with Crippen LogP contribution in [0.15, 0.2) is 15.2 Å². The summed E-state index contributed by atoms with van der Waals surface area (Å²) in [5.41, 5.74) is 0.407. The molecule has 0 bridgehead atoms. The van der Waals surface area contributed by atoms with Crippen LogP contribution in [0.25, 0.3) is 0 Å². The van der Waals surface area contributed by atoms with E-state index < -0.39 is 12.2 Å². The molecule has 2 unspecified atom stereocenters. The Morgan fingerprint density at radius 3 is 3.00 bits per heavy atom. The summed E-state index contributed by atoms with van der Waals surface area (Å²) in [6, 6.07) is 1.13. The van der Waals surface area contributed by atoms with E-state index in [0.717, 1.165) is 0 Å². The van der Waals surface area contributed by atoms with E-state index in [4.69, 9.17) is 9.52 Å². The van der Waals surface area contributed by atoms with Gasteiger partial charge in [-0.1, -0.05) is 0 Å². The predicted octanol–water partition coefficient (Wildman–Crippen LogP) is 1.90. The molecule has 1 aliphatic rings. The number of furan rings is 1. The average Bonchev–Trinajstić information content (AvgIpc) is 2.80. The summed E-state index contributed by atoms with van der Waals surface area (Å²) < 4.78 is 18.9. The van der Waals surface area contributed by atoms with Crippen LogP contribution in [0.4, 0.5) is 4.39 Å². The van der Waals surface area contributed by atoms with Crippen LogP contribution in [0.3, 0.4) is 0 Å². The maximum atomic E-state index is 13.3. The Morgan fingerprint density at radius 1 is 1.76 bits per heavy atom. The van der Waals surface area contributed by atoms with Gasteiger partial charge in [0.25, 0.3) is 5.91 Å². The third-order valence-electron chi connectivity index (χ3n) is 2.95. The number of aliphatic hydroxyl groups is 1. The third-order valence-corrected chi connectivity index (χ3v) is 3.34. The van der Waals surface area contributed by atoms with Crippen LogP contribution in [0.5, 0.6) is 0 Å². The summed E-state index contributed by atoms with van der Waals surface area (Å²) in [7, 11) is 0. The number of amides is 1. The molecule has 1 aromatic heterocycles. The zero-order valence-corrected chi connectivity index (χ0v) is 10.9. The van der Waals surface area contributed by atoms with E-state index in [2.05, 4.69) is 15.9 Å². The monoisotopic (exact) mass is 305 g/mol. The van der Waals surface area contributed by atoms with Gasteiger partial charge in [-0.15, -0.1) is 0 Å². The zero-order valence-electron chi connectivity index (χ0n) is 9.32. The minimum absolute atomic E-state index is 0.0340. The number of aryl methyl sites for hydroxylation is 1. The maximum Gasteiger partial charge on any atom is 0.257 e. The number of rotatable bonds is 2. The van der Waals surface area contributed by atoms with Crippen molar-refractivity contribution in [3.8, 4) is 0 Å². The van der Waals surface area contributed by atoms with E-state index >= 15 is 0 Å². The van der Waals surface area contributed by atoms with E-state index in [1.165, 1.54) is 4.90 Å². The molecular formula is C11H13BrFNO3. The minimum Gasteiger partial charge on any atom is -0.454 e. The van der Waals surface area contributed by atoms with Crippen molar-refractivity contribution in [3.63, 3.8) is 0 Å². The van der Waals surface area contributed by atoms with Crippen molar-refractivity contribution < 1.29 is 18.7 Å². The Morgan fingerprint density at radius 2 is 2.47 bits per heavy atom. The number of hydrogen-bond acceptors (Lipinski definition) is 3. The van der Waals surface area contributed by atoms with Gasteiger partial charge in [0.15, 0.2) is 4.67 Å². The van der Waals surface area contributed by atoms with E-state index in [9.17, 15) is 9.18 Å². The van der Waals surface area contributed by atoms with Crippen molar-refractivity contribution in [2.24, 2.45) is 0 Å². The van der Waals surface area contributed by atoms with Crippen LogP contribution >= 0.6 is 15.9 Å². The fourth-order valence-electron chi connectivity index (χ4n) is 2.09.